The Morgan fingerprint density at radius 3 is 2.88 bits per heavy atom. The van der Waals surface area contributed by atoms with Gasteiger partial charge in [0.1, 0.15) is 5.15 Å². The van der Waals surface area contributed by atoms with Gasteiger partial charge < -0.3 is 5.32 Å². The van der Waals surface area contributed by atoms with Crippen LogP contribution in [0.3, 0.4) is 0 Å². The summed E-state index contributed by atoms with van der Waals surface area (Å²) in [5.74, 6) is 0.743. The molecule has 3 nitrogen and oxygen atoms in total. The highest BCUT2D eigenvalue weighted by molar-refractivity contribution is 7.84. The second-order valence-electron chi connectivity index (χ2n) is 3.84. The summed E-state index contributed by atoms with van der Waals surface area (Å²) in [5.41, 5.74) is 1.11. The molecule has 1 aromatic rings. The maximum absolute atomic E-state index is 10.9. The Morgan fingerprint density at radius 2 is 2.31 bits per heavy atom. The van der Waals surface area contributed by atoms with Gasteiger partial charge in [-0.15, -0.1) is 0 Å². The summed E-state index contributed by atoms with van der Waals surface area (Å²) in [7, 11) is -0.707. The van der Waals surface area contributed by atoms with Crippen molar-refractivity contribution in [3.63, 3.8) is 0 Å². The zero-order valence-corrected chi connectivity index (χ0v) is 11.1. The number of nitrogens with zero attached hydrogens (tertiary/aromatic N) is 1. The van der Waals surface area contributed by atoms with Crippen LogP contribution in [-0.2, 0) is 17.3 Å². The Morgan fingerprint density at radius 1 is 1.56 bits per heavy atom. The van der Waals surface area contributed by atoms with Crippen LogP contribution in [-0.4, -0.2) is 27.2 Å². The average molecular weight is 261 g/mol. The lowest BCUT2D eigenvalue weighted by Crippen LogP contribution is -2.27. The van der Waals surface area contributed by atoms with Gasteiger partial charge in [0.2, 0.25) is 0 Å². The van der Waals surface area contributed by atoms with Gasteiger partial charge in [-0.2, -0.15) is 0 Å². The third-order valence-corrected chi connectivity index (χ3v) is 3.32. The van der Waals surface area contributed by atoms with E-state index in [2.05, 4.69) is 17.2 Å². The first-order valence-electron chi connectivity index (χ1n) is 5.22. The van der Waals surface area contributed by atoms with Gasteiger partial charge in [-0.25, -0.2) is 4.98 Å². The maximum atomic E-state index is 10.9. The third-order valence-electron chi connectivity index (χ3n) is 2.28. The quantitative estimate of drug-likeness (QED) is 0.796. The van der Waals surface area contributed by atoms with Crippen molar-refractivity contribution in [3.05, 3.63) is 29.0 Å². The number of hydrogen-bond acceptors (Lipinski definition) is 3. The summed E-state index contributed by atoms with van der Waals surface area (Å²) in [6.45, 7) is 2.86. The number of halogens is 1. The van der Waals surface area contributed by atoms with Gasteiger partial charge >= 0.3 is 0 Å². The van der Waals surface area contributed by atoms with E-state index < -0.39 is 10.8 Å². The molecular weight excluding hydrogens is 244 g/mol. The Kier molecular flexibility index (Phi) is 5.95. The minimum atomic E-state index is -0.707. The summed E-state index contributed by atoms with van der Waals surface area (Å²) in [5, 5.41) is 3.87. The molecule has 0 amide bonds. The van der Waals surface area contributed by atoms with Crippen LogP contribution in [0.5, 0.6) is 0 Å². The fourth-order valence-corrected chi connectivity index (χ4v) is 2.05. The van der Waals surface area contributed by atoms with E-state index >= 15 is 0 Å². The molecule has 0 saturated heterocycles. The molecule has 1 N–H and O–H groups in total. The molecule has 1 heterocycles. The van der Waals surface area contributed by atoms with Crippen LogP contribution < -0.4 is 5.32 Å². The summed E-state index contributed by atoms with van der Waals surface area (Å²) in [4.78, 5) is 4.01. The van der Waals surface area contributed by atoms with Crippen LogP contribution in [0.15, 0.2) is 18.3 Å². The standard InChI is InChI=1S/C11H17ClN2OS/c1-9(5-6-16(2)15)13-7-10-3-4-11(12)14-8-10/h3-4,8-9,13H,5-7H2,1-2H3. The second-order valence-corrected chi connectivity index (χ2v) is 5.78. The van der Waals surface area contributed by atoms with Crippen molar-refractivity contribution in [2.24, 2.45) is 0 Å². The zero-order valence-electron chi connectivity index (χ0n) is 9.57. The molecule has 0 saturated carbocycles. The molecule has 0 spiro atoms. The van der Waals surface area contributed by atoms with E-state index in [1.54, 1.807) is 18.5 Å². The van der Waals surface area contributed by atoms with Crippen LogP contribution >= 0.6 is 11.6 Å². The second kappa shape index (κ2) is 6.99. The largest absolute Gasteiger partial charge is 0.310 e. The number of pyridine rings is 1. The first-order chi connectivity index (χ1) is 7.58. The lowest BCUT2D eigenvalue weighted by Gasteiger charge is -2.12. The molecule has 0 fully saturated rings. The summed E-state index contributed by atoms with van der Waals surface area (Å²) in [6, 6.07) is 4.09. The van der Waals surface area contributed by atoms with Crippen molar-refractivity contribution in [2.45, 2.75) is 25.9 Å². The van der Waals surface area contributed by atoms with Crippen LogP contribution in [0.2, 0.25) is 5.15 Å². The molecule has 2 unspecified atom stereocenters. The van der Waals surface area contributed by atoms with Gasteiger partial charge in [0, 0.05) is 41.6 Å². The fourth-order valence-electron chi connectivity index (χ4n) is 1.25. The summed E-state index contributed by atoms with van der Waals surface area (Å²) in [6.07, 6.45) is 4.42. The van der Waals surface area contributed by atoms with E-state index in [0.29, 0.717) is 11.2 Å². The lowest BCUT2D eigenvalue weighted by molar-refractivity contribution is 0.534. The van der Waals surface area contributed by atoms with E-state index in [1.165, 1.54) is 0 Å². The van der Waals surface area contributed by atoms with Crippen LogP contribution in [0.4, 0.5) is 0 Å². The van der Waals surface area contributed by atoms with Crippen molar-refractivity contribution >= 4 is 22.4 Å². The monoisotopic (exact) mass is 260 g/mol. The molecular formula is C11H17ClN2OS. The minimum Gasteiger partial charge on any atom is -0.310 e. The fraction of sp³-hybridized carbons (Fsp3) is 0.545. The van der Waals surface area contributed by atoms with Gasteiger partial charge in [-0.05, 0) is 25.0 Å². The van der Waals surface area contributed by atoms with E-state index in [0.717, 1.165) is 24.3 Å². The van der Waals surface area contributed by atoms with E-state index in [-0.39, 0.29) is 0 Å². The number of rotatable bonds is 6. The number of hydrogen-bond donors (Lipinski definition) is 1. The lowest BCUT2D eigenvalue weighted by atomic mass is 10.2. The highest BCUT2D eigenvalue weighted by Gasteiger charge is 2.03. The zero-order chi connectivity index (χ0) is 12.0. The van der Waals surface area contributed by atoms with E-state index in [4.69, 9.17) is 11.6 Å². The normalized spacial score (nSPS) is 14.7. The average Bonchev–Trinajstić information content (AvgIpc) is 2.25. The van der Waals surface area contributed by atoms with E-state index in [9.17, 15) is 4.21 Å². The Labute approximate surface area is 104 Å². The van der Waals surface area contributed by atoms with Crippen molar-refractivity contribution < 1.29 is 4.21 Å². The summed E-state index contributed by atoms with van der Waals surface area (Å²) < 4.78 is 10.9. The third kappa shape index (κ3) is 5.58. The molecule has 0 aromatic carbocycles. The van der Waals surface area contributed by atoms with Crippen molar-refractivity contribution in [1.29, 1.82) is 0 Å². The molecule has 0 aliphatic carbocycles. The van der Waals surface area contributed by atoms with Gasteiger partial charge in [0.25, 0.3) is 0 Å². The molecule has 1 aromatic heterocycles. The van der Waals surface area contributed by atoms with Crippen molar-refractivity contribution in [3.8, 4) is 0 Å². The number of aromatic nitrogens is 1. The van der Waals surface area contributed by atoms with Crippen molar-refractivity contribution in [1.82, 2.24) is 10.3 Å². The molecule has 90 valence electrons. The summed E-state index contributed by atoms with van der Waals surface area (Å²) >= 11 is 5.69. The van der Waals surface area contributed by atoms with Crippen LogP contribution in [0.1, 0.15) is 18.9 Å². The predicted molar refractivity (Wildman–Crippen MR) is 69.1 cm³/mol. The highest BCUT2D eigenvalue weighted by Crippen LogP contribution is 2.05. The van der Waals surface area contributed by atoms with Crippen LogP contribution in [0.25, 0.3) is 0 Å². The SMILES string of the molecule is CC(CCS(C)=O)NCc1ccc(Cl)nc1. The molecule has 16 heavy (non-hydrogen) atoms. The minimum absolute atomic E-state index is 0.361. The molecule has 2 atom stereocenters. The van der Waals surface area contributed by atoms with Gasteiger partial charge in [0.05, 0.1) is 0 Å². The Bertz CT molecular complexity index is 342. The molecule has 0 radical (unpaired) electrons. The van der Waals surface area contributed by atoms with Gasteiger partial charge in [0.15, 0.2) is 0 Å². The Hall–Kier alpha value is -0.450. The van der Waals surface area contributed by atoms with Gasteiger partial charge in [-0.3, -0.25) is 4.21 Å². The molecule has 5 heteroatoms. The maximum Gasteiger partial charge on any atom is 0.129 e. The first-order valence-corrected chi connectivity index (χ1v) is 7.32. The van der Waals surface area contributed by atoms with E-state index in [1.807, 2.05) is 6.07 Å². The van der Waals surface area contributed by atoms with Crippen molar-refractivity contribution in [2.75, 3.05) is 12.0 Å². The highest BCUT2D eigenvalue weighted by atomic mass is 35.5. The molecule has 0 aliphatic heterocycles. The predicted octanol–water partition coefficient (Wildman–Crippen LogP) is 1.98. The molecule has 0 bridgehead atoms. The van der Waals surface area contributed by atoms with Gasteiger partial charge in [-0.1, -0.05) is 17.7 Å². The number of nitrogens with one attached hydrogen (secondary N) is 1. The van der Waals surface area contributed by atoms with Crippen LogP contribution in [0, 0.1) is 0 Å². The smallest absolute Gasteiger partial charge is 0.129 e. The molecule has 0 aliphatic rings. The molecule has 1 rings (SSSR count). The Balaban J connectivity index is 2.28. The first kappa shape index (κ1) is 13.6. The topological polar surface area (TPSA) is 42.0 Å².